The summed E-state index contributed by atoms with van der Waals surface area (Å²) in [4.78, 5) is 0. The van der Waals surface area contributed by atoms with Gasteiger partial charge in [-0.1, -0.05) is 6.08 Å². The molecule has 1 atom stereocenters. The molecule has 0 spiro atoms. The summed E-state index contributed by atoms with van der Waals surface area (Å²) in [6.45, 7) is 0. The van der Waals surface area contributed by atoms with Crippen LogP contribution >= 0.6 is 0 Å². The van der Waals surface area contributed by atoms with E-state index in [0.29, 0.717) is 0 Å². The summed E-state index contributed by atoms with van der Waals surface area (Å²) < 4.78 is 10.9. The molecule has 0 aliphatic heterocycles. The third-order valence-electron chi connectivity index (χ3n) is 2.56. The van der Waals surface area contributed by atoms with E-state index in [-0.39, 0.29) is 6.10 Å². The third kappa shape index (κ3) is 2.75. The van der Waals surface area contributed by atoms with Crippen molar-refractivity contribution in [3.05, 3.63) is 36.4 Å². The van der Waals surface area contributed by atoms with Crippen LogP contribution < -0.4 is 9.47 Å². The molecule has 0 heterocycles. The molecule has 1 aromatic carbocycles. The average molecular weight is 204 g/mol. The Hall–Kier alpha value is -1.44. The predicted molar refractivity (Wildman–Crippen MR) is 60.4 cm³/mol. The number of rotatable bonds is 3. The standard InChI is InChI=1S/C13H16O2/c1-14-11-7-9-13(10-8-11)15-12-5-3-2-4-6-12/h3,5,7-10,12H,2,4,6H2,1H3/t12-/m1/s1. The number of allylic oxidation sites excluding steroid dienone is 1. The molecule has 80 valence electrons. The third-order valence-corrected chi connectivity index (χ3v) is 2.56. The van der Waals surface area contributed by atoms with Gasteiger partial charge in [0.1, 0.15) is 17.6 Å². The summed E-state index contributed by atoms with van der Waals surface area (Å²) in [5.41, 5.74) is 0. The van der Waals surface area contributed by atoms with E-state index in [0.717, 1.165) is 17.9 Å². The van der Waals surface area contributed by atoms with E-state index in [2.05, 4.69) is 12.2 Å². The molecule has 0 aromatic heterocycles. The highest BCUT2D eigenvalue weighted by molar-refractivity contribution is 5.31. The SMILES string of the molecule is COc1ccc(O[C@@H]2C=CCCC2)cc1. The molecular formula is C13H16O2. The van der Waals surface area contributed by atoms with Crippen LogP contribution in [-0.2, 0) is 0 Å². The maximum Gasteiger partial charge on any atom is 0.120 e. The second kappa shape index (κ2) is 4.87. The molecule has 0 saturated heterocycles. The summed E-state index contributed by atoms with van der Waals surface area (Å²) in [7, 11) is 1.67. The fraction of sp³-hybridized carbons (Fsp3) is 0.385. The lowest BCUT2D eigenvalue weighted by Gasteiger charge is -2.18. The zero-order valence-electron chi connectivity index (χ0n) is 8.98. The van der Waals surface area contributed by atoms with Crippen molar-refractivity contribution < 1.29 is 9.47 Å². The zero-order chi connectivity index (χ0) is 10.5. The minimum atomic E-state index is 0.243. The van der Waals surface area contributed by atoms with Gasteiger partial charge in [-0.2, -0.15) is 0 Å². The van der Waals surface area contributed by atoms with Crippen molar-refractivity contribution in [1.29, 1.82) is 0 Å². The molecule has 0 unspecified atom stereocenters. The summed E-state index contributed by atoms with van der Waals surface area (Å²) in [6, 6.07) is 7.73. The number of hydrogen-bond donors (Lipinski definition) is 0. The molecule has 1 aliphatic carbocycles. The summed E-state index contributed by atoms with van der Waals surface area (Å²) in [5, 5.41) is 0. The van der Waals surface area contributed by atoms with Gasteiger partial charge in [-0.15, -0.1) is 0 Å². The smallest absolute Gasteiger partial charge is 0.120 e. The van der Waals surface area contributed by atoms with Crippen LogP contribution in [0.4, 0.5) is 0 Å². The van der Waals surface area contributed by atoms with Crippen LogP contribution in [0.1, 0.15) is 19.3 Å². The maximum absolute atomic E-state index is 5.81. The molecule has 0 amide bonds. The van der Waals surface area contributed by atoms with E-state index >= 15 is 0 Å². The van der Waals surface area contributed by atoms with Gasteiger partial charge < -0.3 is 9.47 Å². The summed E-state index contributed by atoms with van der Waals surface area (Å²) >= 11 is 0. The van der Waals surface area contributed by atoms with Gasteiger partial charge in [0.25, 0.3) is 0 Å². The van der Waals surface area contributed by atoms with Crippen molar-refractivity contribution in [2.45, 2.75) is 25.4 Å². The first-order valence-corrected chi connectivity index (χ1v) is 5.36. The van der Waals surface area contributed by atoms with Gasteiger partial charge in [0.05, 0.1) is 7.11 Å². The minimum absolute atomic E-state index is 0.243. The molecule has 15 heavy (non-hydrogen) atoms. The Labute approximate surface area is 90.5 Å². The van der Waals surface area contributed by atoms with Gasteiger partial charge >= 0.3 is 0 Å². The van der Waals surface area contributed by atoms with Crippen LogP contribution in [0.2, 0.25) is 0 Å². The molecule has 0 saturated carbocycles. The molecule has 0 N–H and O–H groups in total. The monoisotopic (exact) mass is 204 g/mol. The molecule has 1 aliphatic rings. The van der Waals surface area contributed by atoms with Crippen LogP contribution in [0.15, 0.2) is 36.4 Å². The van der Waals surface area contributed by atoms with Crippen molar-refractivity contribution in [1.82, 2.24) is 0 Å². The first kappa shape index (κ1) is 10.1. The van der Waals surface area contributed by atoms with Crippen molar-refractivity contribution in [3.8, 4) is 11.5 Å². The van der Waals surface area contributed by atoms with E-state index in [1.807, 2.05) is 24.3 Å². The highest BCUT2D eigenvalue weighted by atomic mass is 16.5. The van der Waals surface area contributed by atoms with Gasteiger partial charge in [0, 0.05) is 0 Å². The second-order valence-electron chi connectivity index (χ2n) is 3.69. The lowest BCUT2D eigenvalue weighted by Crippen LogP contribution is -2.15. The molecule has 1 aromatic rings. The molecule has 0 radical (unpaired) electrons. The fourth-order valence-corrected chi connectivity index (χ4v) is 1.71. The van der Waals surface area contributed by atoms with Crippen LogP contribution in [0, 0.1) is 0 Å². The zero-order valence-corrected chi connectivity index (χ0v) is 8.98. The van der Waals surface area contributed by atoms with Crippen molar-refractivity contribution in [2.24, 2.45) is 0 Å². The number of hydrogen-bond acceptors (Lipinski definition) is 2. The van der Waals surface area contributed by atoms with Gasteiger partial charge in [-0.05, 0) is 49.6 Å². The van der Waals surface area contributed by atoms with Gasteiger partial charge in [0.15, 0.2) is 0 Å². The van der Waals surface area contributed by atoms with Crippen LogP contribution in [-0.4, -0.2) is 13.2 Å². The molecule has 2 nitrogen and oxygen atoms in total. The van der Waals surface area contributed by atoms with Gasteiger partial charge in [0.2, 0.25) is 0 Å². The first-order valence-electron chi connectivity index (χ1n) is 5.36. The largest absolute Gasteiger partial charge is 0.497 e. The lowest BCUT2D eigenvalue weighted by molar-refractivity contribution is 0.229. The Morgan fingerprint density at radius 2 is 1.87 bits per heavy atom. The van der Waals surface area contributed by atoms with E-state index in [9.17, 15) is 0 Å². The Bertz CT molecular complexity index is 327. The Morgan fingerprint density at radius 3 is 2.47 bits per heavy atom. The second-order valence-corrected chi connectivity index (χ2v) is 3.69. The minimum Gasteiger partial charge on any atom is -0.497 e. The molecular weight excluding hydrogens is 188 g/mol. The van der Waals surface area contributed by atoms with Gasteiger partial charge in [-0.3, -0.25) is 0 Å². The lowest BCUT2D eigenvalue weighted by atomic mass is 10.1. The van der Waals surface area contributed by atoms with Crippen molar-refractivity contribution in [3.63, 3.8) is 0 Å². The average Bonchev–Trinajstić information content (AvgIpc) is 2.31. The molecule has 2 rings (SSSR count). The van der Waals surface area contributed by atoms with E-state index in [4.69, 9.17) is 9.47 Å². The van der Waals surface area contributed by atoms with Crippen LogP contribution in [0.5, 0.6) is 11.5 Å². The Balaban J connectivity index is 1.97. The molecule has 0 fully saturated rings. The normalized spacial score (nSPS) is 19.9. The maximum atomic E-state index is 5.81. The Kier molecular flexibility index (Phi) is 3.28. The number of benzene rings is 1. The van der Waals surface area contributed by atoms with E-state index < -0.39 is 0 Å². The fourth-order valence-electron chi connectivity index (χ4n) is 1.71. The highest BCUT2D eigenvalue weighted by Gasteiger charge is 2.09. The van der Waals surface area contributed by atoms with E-state index in [1.165, 1.54) is 12.8 Å². The first-order chi connectivity index (χ1) is 7.38. The number of ether oxygens (including phenoxy) is 2. The van der Waals surface area contributed by atoms with Crippen LogP contribution in [0.25, 0.3) is 0 Å². The molecule has 2 heteroatoms. The quantitative estimate of drug-likeness (QED) is 0.704. The topological polar surface area (TPSA) is 18.5 Å². The predicted octanol–water partition coefficient (Wildman–Crippen LogP) is 3.18. The highest BCUT2D eigenvalue weighted by Crippen LogP contribution is 2.21. The molecule has 0 bridgehead atoms. The Morgan fingerprint density at radius 1 is 1.13 bits per heavy atom. The van der Waals surface area contributed by atoms with Gasteiger partial charge in [-0.25, -0.2) is 0 Å². The van der Waals surface area contributed by atoms with Crippen LogP contribution in [0.3, 0.4) is 0 Å². The van der Waals surface area contributed by atoms with Crippen molar-refractivity contribution >= 4 is 0 Å². The summed E-state index contributed by atoms with van der Waals surface area (Å²) in [5.74, 6) is 1.77. The van der Waals surface area contributed by atoms with Crippen molar-refractivity contribution in [2.75, 3.05) is 7.11 Å². The number of methoxy groups -OCH3 is 1. The van der Waals surface area contributed by atoms with E-state index in [1.54, 1.807) is 7.11 Å². The summed E-state index contributed by atoms with van der Waals surface area (Å²) in [6.07, 6.45) is 8.10.